The average molecular weight is 445 g/mol. The second-order valence-electron chi connectivity index (χ2n) is 8.20. The molecular weight excluding hydrogens is 416 g/mol. The van der Waals surface area contributed by atoms with Crippen molar-refractivity contribution in [1.29, 1.82) is 0 Å². The number of hydrogen-bond donors (Lipinski definition) is 1. The van der Waals surface area contributed by atoms with Crippen LogP contribution < -0.4 is 19.7 Å². The van der Waals surface area contributed by atoms with Crippen LogP contribution in [-0.2, 0) is 24.2 Å². The third-order valence-corrected chi connectivity index (χ3v) is 5.91. The Labute approximate surface area is 194 Å². The van der Waals surface area contributed by atoms with Gasteiger partial charge in [0.15, 0.2) is 11.5 Å². The number of amides is 2. The summed E-state index contributed by atoms with van der Waals surface area (Å²) in [6, 6.07) is 20.9. The van der Waals surface area contributed by atoms with E-state index < -0.39 is 0 Å². The molecule has 1 aliphatic heterocycles. The first-order valence-corrected chi connectivity index (χ1v) is 11.0. The van der Waals surface area contributed by atoms with Gasteiger partial charge >= 0.3 is 0 Å². The van der Waals surface area contributed by atoms with Crippen molar-refractivity contribution in [2.45, 2.75) is 32.4 Å². The van der Waals surface area contributed by atoms with Gasteiger partial charge in [-0.1, -0.05) is 36.4 Å². The highest BCUT2D eigenvalue weighted by Crippen LogP contribution is 2.34. The largest absolute Gasteiger partial charge is 0.493 e. The van der Waals surface area contributed by atoms with Gasteiger partial charge in [0.25, 0.3) is 5.91 Å². The average Bonchev–Trinajstić information content (AvgIpc) is 3.17. The molecule has 0 aromatic heterocycles. The van der Waals surface area contributed by atoms with E-state index in [1.54, 1.807) is 20.3 Å². The fraction of sp³-hybridized carbons (Fsp3) is 0.259. The Morgan fingerprint density at radius 1 is 0.939 bits per heavy atom. The van der Waals surface area contributed by atoms with E-state index in [0.717, 1.165) is 28.8 Å². The zero-order valence-electron chi connectivity index (χ0n) is 19.1. The van der Waals surface area contributed by atoms with Crippen molar-refractivity contribution in [3.63, 3.8) is 0 Å². The van der Waals surface area contributed by atoms with E-state index in [2.05, 4.69) is 18.3 Å². The minimum Gasteiger partial charge on any atom is -0.493 e. The van der Waals surface area contributed by atoms with Crippen LogP contribution in [0.25, 0.3) is 0 Å². The van der Waals surface area contributed by atoms with Gasteiger partial charge in [-0.25, -0.2) is 0 Å². The fourth-order valence-electron chi connectivity index (χ4n) is 4.23. The van der Waals surface area contributed by atoms with Crippen LogP contribution in [-0.4, -0.2) is 32.1 Å². The Kier molecular flexibility index (Phi) is 6.63. The number of carbonyl (C=O) groups excluding carboxylic acids is 2. The van der Waals surface area contributed by atoms with Crippen molar-refractivity contribution in [1.82, 2.24) is 5.32 Å². The van der Waals surface area contributed by atoms with Crippen LogP contribution in [0.15, 0.2) is 66.7 Å². The van der Waals surface area contributed by atoms with Gasteiger partial charge in [0.2, 0.25) is 5.91 Å². The molecule has 4 rings (SSSR count). The summed E-state index contributed by atoms with van der Waals surface area (Å²) in [5.41, 5.74) is 4.53. The minimum absolute atomic E-state index is 0.00325. The molecule has 170 valence electrons. The summed E-state index contributed by atoms with van der Waals surface area (Å²) in [6.07, 6.45) is 1.06. The summed E-state index contributed by atoms with van der Waals surface area (Å²) in [7, 11) is 3.15. The molecule has 6 nitrogen and oxygen atoms in total. The number of fused-ring (bicyclic) bond motifs is 1. The molecule has 0 spiro atoms. The van der Waals surface area contributed by atoms with Crippen LogP contribution in [0.5, 0.6) is 11.5 Å². The molecule has 33 heavy (non-hydrogen) atoms. The fourth-order valence-corrected chi connectivity index (χ4v) is 4.23. The van der Waals surface area contributed by atoms with Crippen LogP contribution in [0.1, 0.15) is 34.0 Å². The maximum atomic E-state index is 13.1. The number of hydrogen-bond acceptors (Lipinski definition) is 4. The Bertz CT molecular complexity index is 1160. The van der Waals surface area contributed by atoms with E-state index in [9.17, 15) is 9.59 Å². The third-order valence-electron chi connectivity index (χ3n) is 5.91. The van der Waals surface area contributed by atoms with Crippen molar-refractivity contribution in [3.8, 4) is 11.5 Å². The van der Waals surface area contributed by atoms with Crippen LogP contribution >= 0.6 is 0 Å². The maximum Gasteiger partial charge on any atom is 0.258 e. The Morgan fingerprint density at radius 2 is 1.67 bits per heavy atom. The summed E-state index contributed by atoms with van der Waals surface area (Å²) in [5, 5.41) is 2.98. The van der Waals surface area contributed by atoms with Gasteiger partial charge in [0.05, 0.1) is 20.6 Å². The van der Waals surface area contributed by atoms with Crippen LogP contribution in [0.4, 0.5) is 5.69 Å². The molecule has 0 bridgehead atoms. The van der Waals surface area contributed by atoms with Crippen molar-refractivity contribution >= 4 is 17.5 Å². The summed E-state index contributed by atoms with van der Waals surface area (Å²) >= 11 is 0. The number of nitrogens with one attached hydrogen (secondary N) is 1. The van der Waals surface area contributed by atoms with E-state index in [0.29, 0.717) is 23.6 Å². The van der Waals surface area contributed by atoms with Crippen LogP contribution in [0.2, 0.25) is 0 Å². The molecule has 3 aromatic rings. The first-order chi connectivity index (χ1) is 16.0. The van der Waals surface area contributed by atoms with Gasteiger partial charge in [-0.15, -0.1) is 0 Å². The van der Waals surface area contributed by atoms with Gasteiger partial charge in [0.1, 0.15) is 0 Å². The lowest BCUT2D eigenvalue weighted by molar-refractivity contribution is -0.120. The normalized spacial score (nSPS) is 14.5. The van der Waals surface area contributed by atoms with Crippen molar-refractivity contribution in [2.24, 2.45) is 0 Å². The molecule has 0 fully saturated rings. The minimum atomic E-state index is -0.0895. The molecule has 0 saturated carbocycles. The number of rotatable bonds is 7. The maximum absolute atomic E-state index is 13.1. The molecule has 3 aromatic carbocycles. The summed E-state index contributed by atoms with van der Waals surface area (Å²) in [4.78, 5) is 27.5. The van der Waals surface area contributed by atoms with Gasteiger partial charge in [-0.05, 0) is 60.4 Å². The monoisotopic (exact) mass is 444 g/mol. The standard InChI is InChI=1S/C27H28N2O4/c1-18-13-22-11-9-20(14-23(22)29(18)27(31)21-7-5-4-6-8-21)17-28-26(30)16-19-10-12-24(32-2)25(15-19)33-3/h4-12,14-15,18H,13,16-17H2,1-3H3,(H,28,30)/t18-/m0/s1. The van der Waals surface area contributed by atoms with Crippen molar-refractivity contribution < 1.29 is 19.1 Å². The Morgan fingerprint density at radius 3 is 2.39 bits per heavy atom. The molecule has 6 heteroatoms. The summed E-state index contributed by atoms with van der Waals surface area (Å²) < 4.78 is 10.6. The second-order valence-corrected chi connectivity index (χ2v) is 8.20. The predicted octanol–water partition coefficient (Wildman–Crippen LogP) is 4.15. The highest BCUT2D eigenvalue weighted by molar-refractivity contribution is 6.07. The highest BCUT2D eigenvalue weighted by Gasteiger charge is 2.31. The SMILES string of the molecule is COc1ccc(CC(=O)NCc2ccc3c(c2)N(C(=O)c2ccccc2)[C@@H](C)C3)cc1OC. The molecule has 1 N–H and O–H groups in total. The first kappa shape index (κ1) is 22.4. The Balaban J connectivity index is 1.44. The van der Waals surface area contributed by atoms with E-state index in [1.807, 2.05) is 59.5 Å². The highest BCUT2D eigenvalue weighted by atomic mass is 16.5. The molecule has 0 unspecified atom stereocenters. The molecule has 1 heterocycles. The van der Waals surface area contributed by atoms with Crippen LogP contribution in [0, 0.1) is 0 Å². The Hall–Kier alpha value is -3.80. The zero-order valence-corrected chi connectivity index (χ0v) is 19.1. The van der Waals surface area contributed by atoms with Crippen LogP contribution in [0.3, 0.4) is 0 Å². The lowest BCUT2D eigenvalue weighted by Gasteiger charge is -2.23. The first-order valence-electron chi connectivity index (χ1n) is 11.0. The molecule has 1 aliphatic rings. The lowest BCUT2D eigenvalue weighted by Crippen LogP contribution is -2.35. The number of ether oxygens (including phenoxy) is 2. The lowest BCUT2D eigenvalue weighted by atomic mass is 10.1. The topological polar surface area (TPSA) is 67.9 Å². The molecule has 0 saturated heterocycles. The van der Waals surface area contributed by atoms with Gasteiger partial charge in [0, 0.05) is 23.8 Å². The molecule has 0 aliphatic carbocycles. The molecule has 0 radical (unpaired) electrons. The third kappa shape index (κ3) is 4.85. The number of methoxy groups -OCH3 is 2. The number of benzene rings is 3. The molecular formula is C27H28N2O4. The zero-order chi connectivity index (χ0) is 23.4. The number of carbonyl (C=O) groups is 2. The quantitative estimate of drug-likeness (QED) is 0.594. The smallest absolute Gasteiger partial charge is 0.258 e. The second kappa shape index (κ2) is 9.77. The van der Waals surface area contributed by atoms with E-state index in [-0.39, 0.29) is 24.3 Å². The summed E-state index contributed by atoms with van der Waals surface area (Å²) in [5.74, 6) is 1.13. The van der Waals surface area contributed by atoms with Crippen molar-refractivity contribution in [3.05, 3.63) is 89.0 Å². The van der Waals surface area contributed by atoms with Gasteiger partial charge < -0.3 is 19.7 Å². The van der Waals surface area contributed by atoms with E-state index >= 15 is 0 Å². The number of anilines is 1. The van der Waals surface area contributed by atoms with Gasteiger partial charge in [-0.2, -0.15) is 0 Å². The molecule has 2 amide bonds. The predicted molar refractivity (Wildman–Crippen MR) is 128 cm³/mol. The number of nitrogens with zero attached hydrogens (tertiary/aromatic N) is 1. The van der Waals surface area contributed by atoms with Crippen molar-refractivity contribution in [2.75, 3.05) is 19.1 Å². The molecule has 1 atom stereocenters. The van der Waals surface area contributed by atoms with Gasteiger partial charge in [-0.3, -0.25) is 9.59 Å². The van der Waals surface area contributed by atoms with E-state index in [1.165, 1.54) is 0 Å². The van der Waals surface area contributed by atoms with E-state index in [4.69, 9.17) is 9.47 Å². The summed E-state index contributed by atoms with van der Waals surface area (Å²) in [6.45, 7) is 2.45.